The molecule has 1 saturated carbocycles. The monoisotopic (exact) mass is 496 g/mol. The lowest BCUT2D eigenvalue weighted by molar-refractivity contribution is -0.210. The number of methoxy groups -OCH3 is 1. The summed E-state index contributed by atoms with van der Waals surface area (Å²) in [6.07, 6.45) is 3.08. The van der Waals surface area contributed by atoms with Gasteiger partial charge in [-0.3, -0.25) is 0 Å². The lowest BCUT2D eigenvalue weighted by atomic mass is 9.87. The van der Waals surface area contributed by atoms with Gasteiger partial charge in [-0.1, -0.05) is 10.4 Å². The standard InChI is InChI=1S/C23H27F3N4O5/c1-33-22-17(8-13-9-23(35-28-13)4-2-3-5-23)34-18(11-31)21(32)20(22)30-10-16(27-29-30)12-6-14(24)19(26)15(25)7-12/h6-7,10,17-18,20-22,31-32H,2-5,8-9,11H2,1H3/t17-,18-,20+,21+,22+/m1/s1. The summed E-state index contributed by atoms with van der Waals surface area (Å²) in [5, 5.41) is 33.1. The third kappa shape index (κ3) is 4.44. The average molecular weight is 496 g/mol. The van der Waals surface area contributed by atoms with Crippen LogP contribution in [0.3, 0.4) is 0 Å². The summed E-state index contributed by atoms with van der Waals surface area (Å²) in [6, 6.07) is 0.796. The van der Waals surface area contributed by atoms with Crippen LogP contribution in [0.4, 0.5) is 13.2 Å². The van der Waals surface area contributed by atoms with Gasteiger partial charge in [-0.15, -0.1) is 5.10 Å². The van der Waals surface area contributed by atoms with E-state index in [9.17, 15) is 23.4 Å². The Balaban J connectivity index is 1.40. The molecule has 0 radical (unpaired) electrons. The minimum Gasteiger partial charge on any atom is -0.394 e. The predicted molar refractivity (Wildman–Crippen MR) is 116 cm³/mol. The molecule has 2 aromatic rings. The van der Waals surface area contributed by atoms with Crippen molar-refractivity contribution in [1.82, 2.24) is 15.0 Å². The van der Waals surface area contributed by atoms with Crippen LogP contribution in [0, 0.1) is 17.5 Å². The van der Waals surface area contributed by atoms with E-state index in [0.717, 1.165) is 43.5 Å². The quantitative estimate of drug-likeness (QED) is 0.592. The molecule has 1 aromatic heterocycles. The number of ether oxygens (including phenoxy) is 2. The van der Waals surface area contributed by atoms with Crippen molar-refractivity contribution in [3.63, 3.8) is 0 Å². The van der Waals surface area contributed by atoms with Gasteiger partial charge in [0.2, 0.25) is 0 Å². The molecule has 3 aliphatic rings. The van der Waals surface area contributed by atoms with E-state index < -0.39 is 54.5 Å². The molecular weight excluding hydrogens is 469 g/mol. The zero-order valence-corrected chi connectivity index (χ0v) is 19.1. The molecule has 0 bridgehead atoms. The largest absolute Gasteiger partial charge is 0.394 e. The van der Waals surface area contributed by atoms with Gasteiger partial charge in [0.1, 0.15) is 35.6 Å². The molecule has 0 unspecified atom stereocenters. The number of hydrogen-bond acceptors (Lipinski definition) is 8. The summed E-state index contributed by atoms with van der Waals surface area (Å²) in [7, 11) is 1.47. The minimum absolute atomic E-state index is 0.0160. The Kier molecular flexibility index (Phi) is 6.55. The van der Waals surface area contributed by atoms with Crippen molar-refractivity contribution in [1.29, 1.82) is 0 Å². The van der Waals surface area contributed by atoms with E-state index in [2.05, 4.69) is 15.5 Å². The van der Waals surface area contributed by atoms with Gasteiger partial charge >= 0.3 is 0 Å². The Morgan fingerprint density at radius 1 is 1.17 bits per heavy atom. The second-order valence-electron chi connectivity index (χ2n) is 9.43. The molecule has 1 aliphatic carbocycles. The highest BCUT2D eigenvalue weighted by molar-refractivity contribution is 5.86. The minimum atomic E-state index is -1.58. The number of aliphatic hydroxyl groups is 2. The summed E-state index contributed by atoms with van der Waals surface area (Å²) in [4.78, 5) is 5.77. The molecule has 12 heteroatoms. The topological polar surface area (TPSA) is 111 Å². The van der Waals surface area contributed by atoms with Crippen LogP contribution in [0.1, 0.15) is 44.6 Å². The fourth-order valence-corrected chi connectivity index (χ4v) is 5.42. The molecule has 0 amide bonds. The number of oxime groups is 1. The normalized spacial score (nSPS) is 30.0. The average Bonchev–Trinajstić information content (AvgIpc) is 3.60. The van der Waals surface area contributed by atoms with E-state index in [0.29, 0.717) is 12.8 Å². The zero-order chi connectivity index (χ0) is 24.7. The predicted octanol–water partition coefficient (Wildman–Crippen LogP) is 2.52. The van der Waals surface area contributed by atoms with Crippen molar-refractivity contribution in [3.05, 3.63) is 35.8 Å². The summed E-state index contributed by atoms with van der Waals surface area (Å²) in [5.74, 6) is -4.28. The van der Waals surface area contributed by atoms with E-state index in [-0.39, 0.29) is 16.9 Å². The SMILES string of the molecule is CO[C@@H]1[C@@H](n2cc(-c3cc(F)c(F)c(F)c3)nn2)[C@@H](O)[C@@H](CO)O[C@@H]1CC1=NOC2(CCCC2)C1. The summed E-state index contributed by atoms with van der Waals surface area (Å²) in [5.41, 5.74) is 0.632. The third-order valence-corrected chi connectivity index (χ3v) is 7.18. The molecule has 2 N–H and O–H groups in total. The molecule has 35 heavy (non-hydrogen) atoms. The summed E-state index contributed by atoms with van der Waals surface area (Å²) in [6.45, 7) is -0.451. The van der Waals surface area contributed by atoms with Crippen LogP contribution < -0.4 is 0 Å². The van der Waals surface area contributed by atoms with E-state index >= 15 is 0 Å². The molecule has 1 aromatic carbocycles. The van der Waals surface area contributed by atoms with Crippen LogP contribution in [0.25, 0.3) is 11.3 Å². The molecular formula is C23H27F3N4O5. The fraction of sp³-hybridized carbons (Fsp3) is 0.609. The van der Waals surface area contributed by atoms with Gasteiger partial charge < -0.3 is 24.5 Å². The molecule has 1 spiro atoms. The van der Waals surface area contributed by atoms with Gasteiger partial charge in [0.15, 0.2) is 17.5 Å². The van der Waals surface area contributed by atoms with E-state index in [1.165, 1.54) is 18.0 Å². The first-order chi connectivity index (χ1) is 16.8. The Labute approximate surface area is 199 Å². The van der Waals surface area contributed by atoms with Crippen molar-refractivity contribution in [2.45, 2.75) is 74.6 Å². The first-order valence-corrected chi connectivity index (χ1v) is 11.6. The highest BCUT2D eigenvalue weighted by Crippen LogP contribution is 2.42. The van der Waals surface area contributed by atoms with Crippen LogP contribution in [0.5, 0.6) is 0 Å². The number of aromatic nitrogens is 3. The summed E-state index contributed by atoms with van der Waals surface area (Å²) < 4.78 is 53.8. The molecule has 1 saturated heterocycles. The van der Waals surface area contributed by atoms with Crippen molar-refractivity contribution in [3.8, 4) is 11.3 Å². The van der Waals surface area contributed by atoms with Gasteiger partial charge in [-0.2, -0.15) is 0 Å². The van der Waals surface area contributed by atoms with Crippen molar-refractivity contribution >= 4 is 5.71 Å². The molecule has 2 aliphatic heterocycles. The van der Waals surface area contributed by atoms with Gasteiger partial charge in [-0.25, -0.2) is 17.9 Å². The lowest BCUT2D eigenvalue weighted by Gasteiger charge is -2.43. The maximum absolute atomic E-state index is 13.7. The van der Waals surface area contributed by atoms with Gasteiger partial charge in [-0.05, 0) is 37.8 Å². The smallest absolute Gasteiger partial charge is 0.194 e. The number of nitrogens with zero attached hydrogens (tertiary/aromatic N) is 4. The van der Waals surface area contributed by atoms with Gasteiger partial charge in [0.05, 0.1) is 24.6 Å². The van der Waals surface area contributed by atoms with E-state index in [1.807, 2.05) is 0 Å². The molecule has 9 nitrogen and oxygen atoms in total. The highest BCUT2D eigenvalue weighted by Gasteiger charge is 2.49. The summed E-state index contributed by atoms with van der Waals surface area (Å²) >= 11 is 0. The Morgan fingerprint density at radius 2 is 1.89 bits per heavy atom. The first kappa shape index (κ1) is 24.2. The Morgan fingerprint density at radius 3 is 2.54 bits per heavy atom. The molecule has 3 heterocycles. The number of hydrogen-bond donors (Lipinski definition) is 2. The molecule has 2 fully saturated rings. The number of rotatable bonds is 6. The van der Waals surface area contributed by atoms with Crippen molar-refractivity contribution < 1.29 is 37.7 Å². The van der Waals surface area contributed by atoms with Crippen LogP contribution in [-0.2, 0) is 14.3 Å². The van der Waals surface area contributed by atoms with Crippen LogP contribution in [0.2, 0.25) is 0 Å². The fourth-order valence-electron chi connectivity index (χ4n) is 5.42. The lowest BCUT2D eigenvalue weighted by Crippen LogP contribution is -2.57. The van der Waals surface area contributed by atoms with Gasteiger partial charge in [0.25, 0.3) is 0 Å². The third-order valence-electron chi connectivity index (χ3n) is 7.18. The molecule has 5 atom stereocenters. The highest BCUT2D eigenvalue weighted by atomic mass is 19.2. The van der Waals surface area contributed by atoms with Gasteiger partial charge in [0, 0.05) is 25.5 Å². The van der Waals surface area contributed by atoms with Crippen molar-refractivity contribution in [2.75, 3.05) is 13.7 Å². The Hall–Kier alpha value is -2.54. The zero-order valence-electron chi connectivity index (χ0n) is 19.1. The maximum Gasteiger partial charge on any atom is 0.194 e. The Bertz CT molecular complexity index is 1080. The number of aliphatic hydroxyl groups excluding tert-OH is 2. The first-order valence-electron chi connectivity index (χ1n) is 11.6. The maximum atomic E-state index is 13.7. The van der Waals surface area contributed by atoms with Crippen LogP contribution in [-0.4, -0.2) is 74.7 Å². The number of halogens is 3. The van der Waals surface area contributed by atoms with Crippen LogP contribution >= 0.6 is 0 Å². The van der Waals surface area contributed by atoms with E-state index in [4.69, 9.17) is 14.3 Å². The second kappa shape index (κ2) is 9.49. The molecule has 190 valence electrons. The second-order valence-corrected chi connectivity index (χ2v) is 9.43. The van der Waals surface area contributed by atoms with Crippen LogP contribution in [0.15, 0.2) is 23.5 Å². The molecule has 5 rings (SSSR count). The van der Waals surface area contributed by atoms with E-state index in [1.54, 1.807) is 0 Å². The number of benzene rings is 1. The van der Waals surface area contributed by atoms with Crippen molar-refractivity contribution in [2.24, 2.45) is 5.16 Å².